The first-order chi connectivity index (χ1) is 27.7. The number of benzene rings is 4. The predicted molar refractivity (Wildman–Crippen MR) is 221 cm³/mol. The molecule has 4 aromatic carbocycles. The van der Waals surface area contributed by atoms with Crippen molar-refractivity contribution in [1.82, 2.24) is 0 Å². The zero-order valence-electron chi connectivity index (χ0n) is 32.3. The monoisotopic (exact) mass is 920 g/mol. The average molecular weight is 923 g/mol. The van der Waals surface area contributed by atoms with Gasteiger partial charge < -0.3 is 37.9 Å². The van der Waals surface area contributed by atoms with Crippen molar-refractivity contribution in [3.8, 4) is 11.5 Å². The Hall–Kier alpha value is -5.28. The zero-order valence-corrected chi connectivity index (χ0v) is 35.5. The van der Waals surface area contributed by atoms with E-state index in [0.717, 1.165) is 4.47 Å². The lowest BCUT2D eigenvalue weighted by Crippen LogP contribution is -2.63. The molecule has 1 aliphatic rings. The number of esters is 4. The Morgan fingerprint density at radius 2 is 1.05 bits per heavy atom. The molecule has 1 saturated heterocycles. The minimum absolute atomic E-state index is 0.150. The molecule has 0 unspecified atom stereocenters. The molecule has 0 radical (unpaired) electrons. The highest BCUT2D eigenvalue weighted by atomic mass is 79.9. The summed E-state index contributed by atoms with van der Waals surface area (Å²) in [6.45, 7) is 4.77. The summed E-state index contributed by atoms with van der Waals surface area (Å²) in [5.41, 5.74) is 0.782. The van der Waals surface area contributed by atoms with Crippen LogP contribution in [0.15, 0.2) is 118 Å². The van der Waals surface area contributed by atoms with Crippen molar-refractivity contribution in [2.45, 2.75) is 57.1 Å². The Bertz CT molecular complexity index is 2070. The number of hydrogen-bond acceptors (Lipinski definition) is 12. The van der Waals surface area contributed by atoms with Gasteiger partial charge in [0.2, 0.25) is 0 Å². The van der Waals surface area contributed by atoms with Crippen LogP contribution in [0.1, 0.15) is 52.6 Å². The van der Waals surface area contributed by atoms with Gasteiger partial charge in [-0.05, 0) is 117 Å². The molecular weight excluding hydrogens is 880 g/mol. The molecule has 0 spiro atoms. The van der Waals surface area contributed by atoms with E-state index in [-0.39, 0.29) is 11.1 Å². The Labute approximate surface area is 353 Å². The average Bonchev–Trinajstić information content (AvgIpc) is 3.20. The summed E-state index contributed by atoms with van der Waals surface area (Å²) in [6, 6.07) is 26.7. The summed E-state index contributed by atoms with van der Waals surface area (Å²) in [6.07, 6.45) is -1.79. The van der Waals surface area contributed by atoms with Gasteiger partial charge in [-0.3, -0.25) is 0 Å². The van der Waals surface area contributed by atoms with Crippen LogP contribution in [0, 0.1) is 0 Å². The molecule has 0 amide bonds. The van der Waals surface area contributed by atoms with E-state index >= 15 is 0 Å². The van der Waals surface area contributed by atoms with Gasteiger partial charge in [0.15, 0.2) is 24.6 Å². The van der Waals surface area contributed by atoms with Gasteiger partial charge in [-0.15, -0.1) is 0 Å². The van der Waals surface area contributed by atoms with Crippen LogP contribution in [-0.4, -0.2) is 81.0 Å². The van der Waals surface area contributed by atoms with E-state index in [1.165, 1.54) is 30.4 Å². The Kier molecular flexibility index (Phi) is 15.4. The number of carbonyl (C=O) groups excluding carboxylic acids is 4. The molecule has 0 saturated carbocycles. The largest absolute Gasteiger partial charge is 0.497 e. The molecular formula is C44H42Br2O12. The summed E-state index contributed by atoms with van der Waals surface area (Å²) in [5.74, 6) is -1.96. The van der Waals surface area contributed by atoms with Gasteiger partial charge >= 0.3 is 23.9 Å². The summed E-state index contributed by atoms with van der Waals surface area (Å²) < 4.78 is 48.3. The number of halogens is 2. The highest BCUT2D eigenvalue weighted by Gasteiger charge is 2.54. The maximum absolute atomic E-state index is 13.9. The second-order valence-electron chi connectivity index (χ2n) is 13.8. The topological polar surface area (TPSA) is 142 Å². The van der Waals surface area contributed by atoms with Crippen molar-refractivity contribution >= 4 is 67.9 Å². The number of rotatable bonds is 14. The number of hydrogen-bond donors (Lipinski definition) is 0. The number of ether oxygens (including phenoxy) is 8. The van der Waals surface area contributed by atoms with Crippen molar-refractivity contribution in [1.29, 1.82) is 0 Å². The van der Waals surface area contributed by atoms with E-state index in [1.807, 2.05) is 0 Å². The first-order valence-electron chi connectivity index (χ1n) is 18.0. The smallest absolute Gasteiger partial charge is 0.338 e. The van der Waals surface area contributed by atoms with Crippen molar-refractivity contribution in [3.05, 3.63) is 140 Å². The van der Waals surface area contributed by atoms with Crippen molar-refractivity contribution in [2.24, 2.45) is 0 Å². The third-order valence-corrected chi connectivity index (χ3v) is 9.46. The van der Waals surface area contributed by atoms with E-state index < -0.39 is 66.8 Å². The molecule has 0 N–H and O–H groups in total. The summed E-state index contributed by atoms with van der Waals surface area (Å²) in [7, 11) is 3.09. The predicted octanol–water partition coefficient (Wildman–Crippen LogP) is 8.40. The summed E-state index contributed by atoms with van der Waals surface area (Å²) in [4.78, 5) is 54.3. The molecule has 12 nitrogen and oxygen atoms in total. The molecule has 5 rings (SSSR count). The molecule has 0 aliphatic carbocycles. The van der Waals surface area contributed by atoms with Crippen molar-refractivity contribution in [3.63, 3.8) is 0 Å². The Morgan fingerprint density at radius 3 is 1.50 bits per heavy atom. The van der Waals surface area contributed by atoms with Gasteiger partial charge in [-0.2, -0.15) is 0 Å². The Balaban J connectivity index is 1.52. The van der Waals surface area contributed by atoms with Crippen LogP contribution in [0.5, 0.6) is 11.5 Å². The first kappa shape index (κ1) is 43.8. The molecule has 0 bridgehead atoms. The van der Waals surface area contributed by atoms with Crippen LogP contribution >= 0.6 is 31.9 Å². The molecule has 14 heteroatoms. The van der Waals surface area contributed by atoms with Crippen molar-refractivity contribution in [2.75, 3.05) is 20.8 Å². The van der Waals surface area contributed by atoms with E-state index in [1.54, 1.807) is 126 Å². The molecule has 1 fully saturated rings. The molecule has 5 atom stereocenters. The fraction of sp³-hybridized carbons (Fsp3) is 0.273. The lowest BCUT2D eigenvalue weighted by Gasteiger charge is -2.45. The van der Waals surface area contributed by atoms with Crippen LogP contribution < -0.4 is 9.47 Å². The molecule has 4 aromatic rings. The van der Waals surface area contributed by atoms with Gasteiger partial charge in [0.25, 0.3) is 0 Å². The zero-order chi connectivity index (χ0) is 41.8. The minimum atomic E-state index is -1.55. The fourth-order valence-corrected chi connectivity index (χ4v) is 6.09. The van der Waals surface area contributed by atoms with E-state index in [9.17, 15) is 19.2 Å². The van der Waals surface area contributed by atoms with Crippen LogP contribution in [0.3, 0.4) is 0 Å². The lowest BCUT2D eigenvalue weighted by atomic mass is 9.97. The van der Waals surface area contributed by atoms with E-state index in [0.29, 0.717) is 27.1 Å². The molecule has 0 aromatic heterocycles. The standard InChI is InChI=1S/C44H42Br2O12/c1-44(2,3)58-43-40(57-42(50)30-14-18-32(46)19-15-30)39(56-41(49)29-12-16-31(45)17-13-29)38(55-37(48)25-11-28-8-22-34(52-5)23-9-28)35(54-43)26-53-36(47)24-10-27-6-20-33(51-4)21-7-27/h6-25,35,38-40,43H,26H2,1-5H3/b24-10+,25-11+/t35-,38-,39+,40-,43+/m1/s1. The lowest BCUT2D eigenvalue weighted by molar-refractivity contribution is -0.320. The normalized spacial score (nSPS) is 19.3. The molecule has 1 aliphatic heterocycles. The van der Waals surface area contributed by atoms with Gasteiger partial charge in [0.1, 0.15) is 24.2 Å². The van der Waals surface area contributed by atoms with Crippen LogP contribution in [0.2, 0.25) is 0 Å². The minimum Gasteiger partial charge on any atom is -0.497 e. The van der Waals surface area contributed by atoms with Crippen LogP contribution in [0.25, 0.3) is 12.2 Å². The number of carbonyl (C=O) groups is 4. The molecule has 58 heavy (non-hydrogen) atoms. The van der Waals surface area contributed by atoms with Gasteiger partial charge in [-0.1, -0.05) is 56.1 Å². The molecule has 304 valence electrons. The second kappa shape index (κ2) is 20.4. The summed E-state index contributed by atoms with van der Waals surface area (Å²) >= 11 is 6.73. The quantitative estimate of drug-likeness (QED) is 0.0681. The molecule has 1 heterocycles. The third kappa shape index (κ3) is 12.9. The van der Waals surface area contributed by atoms with Crippen LogP contribution in [-0.2, 0) is 38.0 Å². The fourth-order valence-electron chi connectivity index (χ4n) is 5.56. The Morgan fingerprint density at radius 1 is 0.603 bits per heavy atom. The second-order valence-corrected chi connectivity index (χ2v) is 15.6. The van der Waals surface area contributed by atoms with E-state index in [2.05, 4.69) is 31.9 Å². The van der Waals surface area contributed by atoms with Crippen molar-refractivity contribution < 1.29 is 57.1 Å². The SMILES string of the molecule is COc1ccc(/C=C/C(=O)OC[C@H]2O[C@@H](OC(C)(C)C)[C@H](OC(=O)c3ccc(Br)cc3)[C@@H](OC(=O)c3ccc(Br)cc3)[C@@H]2OC(=O)/C=C/c2ccc(OC)cc2)cc1. The number of methoxy groups -OCH3 is 2. The van der Waals surface area contributed by atoms with Crippen LogP contribution in [0.4, 0.5) is 0 Å². The third-order valence-electron chi connectivity index (χ3n) is 8.40. The van der Waals surface area contributed by atoms with Gasteiger partial charge in [0, 0.05) is 21.1 Å². The van der Waals surface area contributed by atoms with Gasteiger partial charge in [-0.25, -0.2) is 19.2 Å². The first-order valence-corrected chi connectivity index (χ1v) is 19.6. The van der Waals surface area contributed by atoms with E-state index in [4.69, 9.17) is 37.9 Å². The highest BCUT2D eigenvalue weighted by molar-refractivity contribution is 9.10. The van der Waals surface area contributed by atoms with Gasteiger partial charge in [0.05, 0.1) is 30.9 Å². The maximum atomic E-state index is 13.9. The highest BCUT2D eigenvalue weighted by Crippen LogP contribution is 2.33. The summed E-state index contributed by atoms with van der Waals surface area (Å²) in [5, 5.41) is 0. The maximum Gasteiger partial charge on any atom is 0.338 e.